The lowest BCUT2D eigenvalue weighted by molar-refractivity contribution is 0.249. The van der Waals surface area contributed by atoms with Gasteiger partial charge in [-0.05, 0) is 60.2 Å². The fraction of sp³-hybridized carbons (Fsp3) is 0.152. The third-order valence-corrected chi connectivity index (χ3v) is 7.81. The van der Waals surface area contributed by atoms with Gasteiger partial charge in [0.25, 0.3) is 0 Å². The fourth-order valence-corrected chi connectivity index (χ4v) is 5.56. The zero-order chi connectivity index (χ0) is 30.8. The Morgan fingerprint density at radius 1 is 0.733 bits per heavy atom. The molecule has 45 heavy (non-hydrogen) atoms. The number of nitrogens with zero attached hydrogens (tertiary/aromatic N) is 11. The Morgan fingerprint density at radius 2 is 1.51 bits per heavy atom. The van der Waals surface area contributed by atoms with Gasteiger partial charge in [0, 0.05) is 62.6 Å². The highest BCUT2D eigenvalue weighted by Crippen LogP contribution is 2.32. The second-order valence-corrected chi connectivity index (χ2v) is 10.5. The lowest BCUT2D eigenvalue weighted by Crippen LogP contribution is -2.46. The Kier molecular flexibility index (Phi) is 7.23. The largest absolute Gasteiger partial charge is 0.383 e. The van der Waals surface area contributed by atoms with E-state index in [9.17, 15) is 5.26 Å². The predicted octanol–water partition coefficient (Wildman–Crippen LogP) is 3.98. The molecule has 6 heterocycles. The van der Waals surface area contributed by atoms with Crippen molar-refractivity contribution in [2.75, 3.05) is 36.8 Å². The summed E-state index contributed by atoms with van der Waals surface area (Å²) in [6.45, 7) is 4.17. The number of imidazole rings is 1. The zero-order valence-corrected chi connectivity index (χ0v) is 24.1. The number of anilines is 2. The lowest BCUT2D eigenvalue weighted by atomic mass is 10.1. The van der Waals surface area contributed by atoms with Gasteiger partial charge in [0.2, 0.25) is 5.82 Å². The maximum Gasteiger partial charge on any atom is 0.234 e. The Balaban J connectivity index is 1.19. The second kappa shape index (κ2) is 11.8. The summed E-state index contributed by atoms with van der Waals surface area (Å²) < 4.78 is 1.98. The molecule has 12 heteroatoms. The number of pyridine rings is 3. The summed E-state index contributed by atoms with van der Waals surface area (Å²) in [6.07, 6.45) is 4.88. The van der Waals surface area contributed by atoms with Crippen molar-refractivity contribution in [2.45, 2.75) is 6.54 Å². The first-order valence-corrected chi connectivity index (χ1v) is 14.4. The molecule has 12 nitrogen and oxygen atoms in total. The molecule has 1 aliphatic rings. The zero-order valence-electron chi connectivity index (χ0n) is 24.1. The van der Waals surface area contributed by atoms with Crippen LogP contribution in [0.3, 0.4) is 0 Å². The number of piperazine rings is 1. The Bertz CT molecular complexity index is 2100. The van der Waals surface area contributed by atoms with Crippen molar-refractivity contribution in [2.24, 2.45) is 0 Å². The van der Waals surface area contributed by atoms with E-state index in [1.165, 1.54) is 5.56 Å². The highest BCUT2D eigenvalue weighted by Gasteiger charge is 2.21. The first-order valence-electron chi connectivity index (χ1n) is 14.4. The van der Waals surface area contributed by atoms with Crippen molar-refractivity contribution in [1.82, 2.24) is 39.4 Å². The molecule has 0 aliphatic carbocycles. The number of aromatic nitrogens is 7. The molecule has 1 saturated heterocycles. The average molecular weight is 591 g/mol. The van der Waals surface area contributed by atoms with Gasteiger partial charge in [-0.2, -0.15) is 10.5 Å². The first kappa shape index (κ1) is 27.6. The summed E-state index contributed by atoms with van der Waals surface area (Å²) in [6, 6.07) is 25.5. The van der Waals surface area contributed by atoms with Crippen molar-refractivity contribution in [3.63, 3.8) is 0 Å². The Hall–Kier alpha value is -6.24. The van der Waals surface area contributed by atoms with Crippen LogP contribution in [0.5, 0.6) is 0 Å². The van der Waals surface area contributed by atoms with Gasteiger partial charge in [-0.3, -0.25) is 9.47 Å². The normalized spacial score (nSPS) is 13.4. The van der Waals surface area contributed by atoms with Crippen LogP contribution in [-0.4, -0.2) is 65.5 Å². The van der Waals surface area contributed by atoms with Crippen molar-refractivity contribution < 1.29 is 0 Å². The van der Waals surface area contributed by atoms with Crippen LogP contribution in [0.25, 0.3) is 39.5 Å². The van der Waals surface area contributed by atoms with Crippen LogP contribution < -0.4 is 10.6 Å². The number of hydrogen-bond donors (Lipinski definition) is 1. The molecule has 6 aromatic rings. The van der Waals surface area contributed by atoms with Crippen LogP contribution in [0, 0.1) is 22.7 Å². The Labute approximate surface area is 258 Å². The standard InChI is InChI=1S/C33H26N12/c34-19-28-24(3-1-12-37-28)26-9-10-27-33(40-26)45(32(41-27)25-4-2-13-39-31(25)36)23-7-5-22(6-8-23)21-43-15-17-44(18-16-43)30-11-14-38-29(20-35)42-30/h1-14H,15-18,21H2,(H2,36,39). The maximum atomic E-state index is 9.64. The summed E-state index contributed by atoms with van der Waals surface area (Å²) >= 11 is 0. The van der Waals surface area contributed by atoms with Crippen LogP contribution in [0.2, 0.25) is 0 Å². The van der Waals surface area contributed by atoms with Crippen LogP contribution in [-0.2, 0) is 6.54 Å². The van der Waals surface area contributed by atoms with Crippen molar-refractivity contribution in [3.05, 3.63) is 102 Å². The van der Waals surface area contributed by atoms with E-state index in [2.05, 4.69) is 60.1 Å². The summed E-state index contributed by atoms with van der Waals surface area (Å²) in [4.78, 5) is 31.3. The van der Waals surface area contributed by atoms with Crippen LogP contribution >= 0.6 is 0 Å². The molecule has 1 aromatic carbocycles. The molecule has 0 radical (unpaired) electrons. The number of benzene rings is 1. The number of nitriles is 2. The van der Waals surface area contributed by atoms with Gasteiger partial charge < -0.3 is 10.6 Å². The van der Waals surface area contributed by atoms with Crippen molar-refractivity contribution in [1.29, 1.82) is 10.5 Å². The topological polar surface area (TPSA) is 162 Å². The predicted molar refractivity (Wildman–Crippen MR) is 169 cm³/mol. The molecular weight excluding hydrogens is 564 g/mol. The highest BCUT2D eigenvalue weighted by molar-refractivity contribution is 5.85. The van der Waals surface area contributed by atoms with E-state index in [4.69, 9.17) is 21.0 Å². The molecule has 0 atom stereocenters. The van der Waals surface area contributed by atoms with Gasteiger partial charge in [0.1, 0.15) is 35.0 Å². The molecule has 7 rings (SSSR count). The highest BCUT2D eigenvalue weighted by atomic mass is 15.3. The monoisotopic (exact) mass is 590 g/mol. The Morgan fingerprint density at radius 3 is 2.27 bits per heavy atom. The SMILES string of the molecule is N#Cc1nccc(N2CCN(Cc3ccc(-n4c(-c5cccnc5N)nc5ccc(-c6cccnc6C#N)nc54)cc3)CC2)n1. The van der Waals surface area contributed by atoms with E-state index in [0.29, 0.717) is 45.3 Å². The van der Waals surface area contributed by atoms with E-state index >= 15 is 0 Å². The minimum absolute atomic E-state index is 0.186. The first-order chi connectivity index (χ1) is 22.1. The summed E-state index contributed by atoms with van der Waals surface area (Å²) in [5.74, 6) is 1.97. The lowest BCUT2D eigenvalue weighted by Gasteiger charge is -2.35. The molecule has 0 saturated carbocycles. The second-order valence-electron chi connectivity index (χ2n) is 10.5. The van der Waals surface area contributed by atoms with Crippen LogP contribution in [0.15, 0.2) is 85.3 Å². The third-order valence-electron chi connectivity index (χ3n) is 7.81. The van der Waals surface area contributed by atoms with E-state index in [1.54, 1.807) is 24.7 Å². The number of nitrogen functional groups attached to an aromatic ring is 1. The van der Waals surface area contributed by atoms with Crippen molar-refractivity contribution >= 4 is 22.8 Å². The van der Waals surface area contributed by atoms with Gasteiger partial charge in [-0.15, -0.1) is 0 Å². The molecule has 218 valence electrons. The summed E-state index contributed by atoms with van der Waals surface area (Å²) in [7, 11) is 0. The minimum atomic E-state index is 0.186. The quantitative estimate of drug-likeness (QED) is 0.298. The number of rotatable bonds is 6. The number of hydrogen-bond acceptors (Lipinski definition) is 11. The van der Waals surface area contributed by atoms with E-state index in [1.807, 2.05) is 47.0 Å². The number of nitrogens with two attached hydrogens (primary N) is 1. The molecule has 1 aliphatic heterocycles. The van der Waals surface area contributed by atoms with Gasteiger partial charge >= 0.3 is 0 Å². The summed E-state index contributed by atoms with van der Waals surface area (Å²) in [5, 5.41) is 18.8. The molecule has 5 aromatic heterocycles. The average Bonchev–Trinajstić information content (AvgIpc) is 3.47. The van der Waals surface area contributed by atoms with E-state index in [-0.39, 0.29) is 5.82 Å². The van der Waals surface area contributed by atoms with Crippen LogP contribution in [0.4, 0.5) is 11.6 Å². The van der Waals surface area contributed by atoms with Crippen molar-refractivity contribution in [3.8, 4) is 40.5 Å². The maximum absolute atomic E-state index is 9.64. The minimum Gasteiger partial charge on any atom is -0.383 e. The van der Waals surface area contributed by atoms with Gasteiger partial charge in [0.15, 0.2) is 11.5 Å². The number of fused-ring (bicyclic) bond motifs is 1. The van der Waals surface area contributed by atoms with Gasteiger partial charge in [-0.1, -0.05) is 12.1 Å². The fourth-order valence-electron chi connectivity index (χ4n) is 5.56. The smallest absolute Gasteiger partial charge is 0.234 e. The van der Waals surface area contributed by atoms with Crippen LogP contribution in [0.1, 0.15) is 17.1 Å². The molecule has 0 unspecified atom stereocenters. The molecule has 1 fully saturated rings. The molecule has 0 bridgehead atoms. The van der Waals surface area contributed by atoms with Gasteiger partial charge in [-0.25, -0.2) is 29.9 Å². The summed E-state index contributed by atoms with van der Waals surface area (Å²) in [5.41, 5.74) is 12.0. The molecular formula is C33H26N12. The van der Waals surface area contributed by atoms with Gasteiger partial charge in [0.05, 0.1) is 11.3 Å². The molecule has 0 amide bonds. The third kappa shape index (κ3) is 5.38. The molecule has 2 N–H and O–H groups in total. The van der Waals surface area contributed by atoms with E-state index < -0.39 is 0 Å². The van der Waals surface area contributed by atoms with E-state index in [0.717, 1.165) is 44.2 Å². The molecule has 0 spiro atoms.